The average Bonchev–Trinajstić information content (AvgIpc) is 3.29. The molecule has 31 heavy (non-hydrogen) atoms. The molecule has 1 atom stereocenters. The molecular formula is C22H26FIN4O3. The minimum Gasteiger partial charge on any atom is -0.466 e. The number of halogens is 2. The van der Waals surface area contributed by atoms with E-state index >= 15 is 0 Å². The summed E-state index contributed by atoms with van der Waals surface area (Å²) in [4.78, 5) is 8.78. The predicted molar refractivity (Wildman–Crippen MR) is 127 cm³/mol. The zero-order chi connectivity index (χ0) is 21.4. The molecule has 3 rings (SSSR count). The van der Waals surface area contributed by atoms with Gasteiger partial charge in [-0.2, -0.15) is 0 Å². The predicted octanol–water partition coefficient (Wildman–Crippen LogP) is 4.19. The summed E-state index contributed by atoms with van der Waals surface area (Å²) >= 11 is 0. The molecule has 0 saturated heterocycles. The number of nitrogens with zero attached hydrogens (tertiary/aromatic N) is 2. The summed E-state index contributed by atoms with van der Waals surface area (Å²) in [6.45, 7) is 4.94. The molecule has 0 saturated carbocycles. The van der Waals surface area contributed by atoms with Crippen molar-refractivity contribution in [1.82, 2.24) is 15.6 Å². The van der Waals surface area contributed by atoms with E-state index in [-0.39, 0.29) is 36.3 Å². The van der Waals surface area contributed by atoms with E-state index in [0.717, 1.165) is 5.56 Å². The lowest BCUT2D eigenvalue weighted by molar-refractivity contribution is 0.0386. The molecule has 1 aromatic carbocycles. The maximum absolute atomic E-state index is 13.0. The molecule has 0 fully saturated rings. The van der Waals surface area contributed by atoms with E-state index in [2.05, 4.69) is 20.6 Å². The Morgan fingerprint density at radius 1 is 1.19 bits per heavy atom. The second kappa shape index (κ2) is 11.7. The van der Waals surface area contributed by atoms with Crippen LogP contribution >= 0.6 is 24.0 Å². The van der Waals surface area contributed by atoms with Crippen LogP contribution in [0.25, 0.3) is 0 Å². The summed E-state index contributed by atoms with van der Waals surface area (Å²) in [7, 11) is 0. The van der Waals surface area contributed by atoms with Crippen molar-refractivity contribution in [3.8, 4) is 11.6 Å². The van der Waals surface area contributed by atoms with Crippen LogP contribution in [0.4, 0.5) is 4.39 Å². The number of pyridine rings is 1. The molecule has 166 valence electrons. The number of ether oxygens (including phenoxy) is 1. The third-order valence-electron chi connectivity index (χ3n) is 4.25. The number of aromatic nitrogens is 1. The molecule has 0 aliphatic heterocycles. The molecule has 0 radical (unpaired) electrons. The Bertz CT molecular complexity index is 946. The summed E-state index contributed by atoms with van der Waals surface area (Å²) < 4.78 is 23.8. The lowest BCUT2D eigenvalue weighted by Crippen LogP contribution is -2.44. The standard InChI is InChI=1S/C22H25FN4O3.HI/c1-3-24-21(27-15-22(2,28)19-5-4-12-29-19)26-14-16-6-11-20(25-13-16)30-18-9-7-17(23)8-10-18;/h4-13,28H,3,14-15H2,1-2H3,(H2,24,26,27);1H. The van der Waals surface area contributed by atoms with Crippen molar-refractivity contribution in [3.63, 3.8) is 0 Å². The Morgan fingerprint density at radius 3 is 2.58 bits per heavy atom. The minimum atomic E-state index is -1.17. The summed E-state index contributed by atoms with van der Waals surface area (Å²) in [5, 5.41) is 16.8. The first-order valence-corrected chi connectivity index (χ1v) is 9.63. The van der Waals surface area contributed by atoms with Crippen LogP contribution < -0.4 is 15.4 Å². The highest BCUT2D eigenvalue weighted by Crippen LogP contribution is 2.20. The fourth-order valence-electron chi connectivity index (χ4n) is 2.63. The Labute approximate surface area is 197 Å². The van der Waals surface area contributed by atoms with Gasteiger partial charge in [0, 0.05) is 18.8 Å². The van der Waals surface area contributed by atoms with Gasteiger partial charge in [0.15, 0.2) is 5.96 Å². The van der Waals surface area contributed by atoms with E-state index in [1.54, 1.807) is 43.5 Å². The summed E-state index contributed by atoms with van der Waals surface area (Å²) in [5.74, 6) is 1.65. The van der Waals surface area contributed by atoms with Crippen LogP contribution in [-0.4, -0.2) is 29.1 Å². The van der Waals surface area contributed by atoms with Gasteiger partial charge in [0.1, 0.15) is 22.9 Å². The van der Waals surface area contributed by atoms with Gasteiger partial charge in [-0.3, -0.25) is 0 Å². The second-order valence-corrected chi connectivity index (χ2v) is 6.86. The summed E-state index contributed by atoms with van der Waals surface area (Å²) in [6, 6.07) is 12.8. The first kappa shape index (κ1) is 24.6. The van der Waals surface area contributed by atoms with Crippen molar-refractivity contribution < 1.29 is 18.7 Å². The van der Waals surface area contributed by atoms with E-state index in [1.165, 1.54) is 18.4 Å². The third kappa shape index (κ3) is 7.51. The molecule has 0 amide bonds. The van der Waals surface area contributed by atoms with Gasteiger partial charge in [0.2, 0.25) is 5.88 Å². The molecule has 3 aromatic rings. The monoisotopic (exact) mass is 540 g/mol. The van der Waals surface area contributed by atoms with Gasteiger partial charge in [0.25, 0.3) is 0 Å². The molecule has 9 heteroatoms. The van der Waals surface area contributed by atoms with Crippen molar-refractivity contribution in [1.29, 1.82) is 0 Å². The maximum atomic E-state index is 13.0. The number of benzene rings is 1. The molecule has 2 aromatic heterocycles. The zero-order valence-corrected chi connectivity index (χ0v) is 19.7. The van der Waals surface area contributed by atoms with Gasteiger partial charge in [-0.1, -0.05) is 6.07 Å². The van der Waals surface area contributed by atoms with Crippen molar-refractivity contribution in [3.05, 3.63) is 78.1 Å². The Morgan fingerprint density at radius 2 is 1.97 bits per heavy atom. The molecule has 0 bridgehead atoms. The Kier molecular flexibility index (Phi) is 9.25. The Balaban J connectivity index is 0.00000341. The fraction of sp³-hybridized carbons (Fsp3) is 0.273. The van der Waals surface area contributed by atoms with E-state index in [1.807, 2.05) is 13.0 Å². The summed E-state index contributed by atoms with van der Waals surface area (Å²) in [5.41, 5.74) is -0.280. The topological polar surface area (TPSA) is 91.9 Å². The highest BCUT2D eigenvalue weighted by molar-refractivity contribution is 14.0. The fourth-order valence-corrected chi connectivity index (χ4v) is 2.63. The number of rotatable bonds is 8. The summed E-state index contributed by atoms with van der Waals surface area (Å²) in [6.07, 6.45) is 3.20. The molecule has 7 nitrogen and oxygen atoms in total. The van der Waals surface area contributed by atoms with Gasteiger partial charge < -0.3 is 24.9 Å². The van der Waals surface area contributed by atoms with Crippen LogP contribution in [0.15, 0.2) is 70.4 Å². The van der Waals surface area contributed by atoms with Gasteiger partial charge in [-0.05, 0) is 55.8 Å². The Hall–Kier alpha value is -2.66. The van der Waals surface area contributed by atoms with Crippen LogP contribution in [0.2, 0.25) is 0 Å². The molecule has 0 aliphatic rings. The van der Waals surface area contributed by atoms with E-state index in [4.69, 9.17) is 9.15 Å². The van der Waals surface area contributed by atoms with Gasteiger partial charge >= 0.3 is 0 Å². The number of aliphatic hydroxyl groups is 1. The number of hydrogen-bond acceptors (Lipinski definition) is 5. The molecule has 1 unspecified atom stereocenters. The van der Waals surface area contributed by atoms with Crippen LogP contribution in [0, 0.1) is 5.82 Å². The molecule has 0 spiro atoms. The number of guanidine groups is 1. The number of hydrogen-bond donors (Lipinski definition) is 3. The van der Waals surface area contributed by atoms with Gasteiger partial charge in [-0.25, -0.2) is 14.4 Å². The van der Waals surface area contributed by atoms with E-state index < -0.39 is 5.60 Å². The smallest absolute Gasteiger partial charge is 0.219 e. The number of aliphatic imine (C=N–C) groups is 1. The molecular weight excluding hydrogens is 514 g/mol. The van der Waals surface area contributed by atoms with Crippen LogP contribution in [-0.2, 0) is 12.1 Å². The van der Waals surface area contributed by atoms with Crippen LogP contribution in [0.1, 0.15) is 25.2 Å². The van der Waals surface area contributed by atoms with E-state index in [9.17, 15) is 9.50 Å². The molecule has 2 heterocycles. The highest BCUT2D eigenvalue weighted by Gasteiger charge is 2.26. The molecule has 3 N–H and O–H groups in total. The lowest BCUT2D eigenvalue weighted by Gasteiger charge is -2.22. The first-order valence-electron chi connectivity index (χ1n) is 9.63. The zero-order valence-electron chi connectivity index (χ0n) is 17.3. The van der Waals surface area contributed by atoms with Crippen molar-refractivity contribution in [2.24, 2.45) is 4.99 Å². The number of furan rings is 1. The quantitative estimate of drug-likeness (QED) is 0.226. The minimum absolute atomic E-state index is 0. The SMILES string of the molecule is CCNC(=NCc1ccc(Oc2ccc(F)cc2)nc1)NCC(C)(O)c1ccco1.I. The first-order chi connectivity index (χ1) is 14.5. The third-order valence-corrected chi connectivity index (χ3v) is 4.25. The van der Waals surface area contributed by atoms with Gasteiger partial charge in [-0.15, -0.1) is 24.0 Å². The lowest BCUT2D eigenvalue weighted by atomic mass is 10.0. The largest absolute Gasteiger partial charge is 0.466 e. The average molecular weight is 540 g/mol. The van der Waals surface area contributed by atoms with Crippen molar-refractivity contribution in [2.45, 2.75) is 26.0 Å². The van der Waals surface area contributed by atoms with E-state index in [0.29, 0.717) is 36.4 Å². The van der Waals surface area contributed by atoms with Crippen LogP contribution in [0.3, 0.4) is 0 Å². The normalized spacial score (nSPS) is 13.1. The maximum Gasteiger partial charge on any atom is 0.219 e. The van der Waals surface area contributed by atoms with Gasteiger partial charge in [0.05, 0.1) is 19.4 Å². The highest BCUT2D eigenvalue weighted by atomic mass is 127. The van der Waals surface area contributed by atoms with Crippen LogP contribution in [0.5, 0.6) is 11.6 Å². The second-order valence-electron chi connectivity index (χ2n) is 6.86. The van der Waals surface area contributed by atoms with Crippen molar-refractivity contribution >= 4 is 29.9 Å². The van der Waals surface area contributed by atoms with Crippen molar-refractivity contribution in [2.75, 3.05) is 13.1 Å². The molecule has 0 aliphatic carbocycles. The number of nitrogens with one attached hydrogen (secondary N) is 2.